The predicted molar refractivity (Wildman–Crippen MR) is 65.4 cm³/mol. The Labute approximate surface area is 99.9 Å². The third-order valence-corrected chi connectivity index (χ3v) is 2.70. The van der Waals surface area contributed by atoms with E-state index in [1.54, 1.807) is 19.2 Å². The second-order valence-electron chi connectivity index (χ2n) is 4.05. The van der Waals surface area contributed by atoms with Gasteiger partial charge in [0, 0.05) is 6.04 Å². The highest BCUT2D eigenvalue weighted by Gasteiger charge is 2.24. The van der Waals surface area contributed by atoms with Gasteiger partial charge < -0.3 is 20.5 Å². The number of rotatable bonds is 4. The van der Waals surface area contributed by atoms with E-state index < -0.39 is 5.97 Å². The quantitative estimate of drug-likeness (QED) is 0.614. The zero-order valence-electron chi connectivity index (χ0n) is 9.95. The minimum Gasteiger partial charge on any atom is -0.494 e. The molecule has 0 heterocycles. The molecule has 0 amide bonds. The maximum absolute atomic E-state index is 11.4. The molecule has 5 heteroatoms. The first-order valence-electron chi connectivity index (χ1n) is 5.48. The normalized spacial score (nSPS) is 14.2. The monoisotopic (exact) mass is 236 g/mol. The van der Waals surface area contributed by atoms with Crippen LogP contribution in [0, 0.1) is 0 Å². The molecule has 92 valence electrons. The van der Waals surface area contributed by atoms with Gasteiger partial charge in [-0.2, -0.15) is 0 Å². The average Bonchev–Trinajstić information content (AvgIpc) is 3.14. The van der Waals surface area contributed by atoms with Gasteiger partial charge in [0.1, 0.15) is 11.4 Å². The number of nitrogens with two attached hydrogens (primary N) is 1. The summed E-state index contributed by atoms with van der Waals surface area (Å²) in [6.07, 6.45) is 2.28. The van der Waals surface area contributed by atoms with Crippen molar-refractivity contribution in [3.05, 3.63) is 17.7 Å². The highest BCUT2D eigenvalue weighted by atomic mass is 16.5. The lowest BCUT2D eigenvalue weighted by Crippen LogP contribution is -2.09. The Balaban J connectivity index is 2.35. The number of benzene rings is 1. The van der Waals surface area contributed by atoms with Gasteiger partial charge in [-0.3, -0.25) is 0 Å². The molecule has 0 aliphatic heterocycles. The van der Waals surface area contributed by atoms with Crippen molar-refractivity contribution in [3.8, 4) is 5.75 Å². The van der Waals surface area contributed by atoms with Crippen LogP contribution in [0.3, 0.4) is 0 Å². The standard InChI is InChI=1S/C12H16N2O3/c1-16-10-6-7(12(15)17-2)5-9(13)11(10)14-8-3-4-8/h5-6,8,14H,3-4,13H2,1-2H3. The molecule has 1 fully saturated rings. The van der Waals surface area contributed by atoms with Crippen LogP contribution in [0.4, 0.5) is 11.4 Å². The number of carbonyl (C=O) groups excluding carboxylic acids is 1. The molecule has 1 aliphatic rings. The predicted octanol–water partition coefficient (Wildman–Crippen LogP) is 1.64. The first kappa shape index (κ1) is 11.6. The highest BCUT2D eigenvalue weighted by molar-refractivity contribution is 5.93. The smallest absolute Gasteiger partial charge is 0.338 e. The molecule has 0 aromatic heterocycles. The molecule has 0 atom stereocenters. The van der Waals surface area contributed by atoms with Crippen molar-refractivity contribution in [3.63, 3.8) is 0 Å². The molecule has 1 aliphatic carbocycles. The van der Waals surface area contributed by atoms with Crippen LogP contribution in [0.2, 0.25) is 0 Å². The maximum Gasteiger partial charge on any atom is 0.338 e. The van der Waals surface area contributed by atoms with Crippen LogP contribution in [-0.4, -0.2) is 26.2 Å². The molecule has 0 bridgehead atoms. The number of esters is 1. The highest BCUT2D eigenvalue weighted by Crippen LogP contribution is 2.36. The Hall–Kier alpha value is -1.91. The molecule has 1 saturated carbocycles. The van der Waals surface area contributed by atoms with Crippen LogP contribution >= 0.6 is 0 Å². The van der Waals surface area contributed by atoms with Crippen molar-refractivity contribution < 1.29 is 14.3 Å². The molecule has 0 spiro atoms. The van der Waals surface area contributed by atoms with Gasteiger partial charge in [-0.05, 0) is 25.0 Å². The molecule has 1 aromatic rings. The Morgan fingerprint density at radius 3 is 2.65 bits per heavy atom. The fourth-order valence-electron chi connectivity index (χ4n) is 1.62. The minimum absolute atomic E-state index is 0.392. The number of carbonyl (C=O) groups is 1. The van der Waals surface area contributed by atoms with E-state index in [-0.39, 0.29) is 0 Å². The van der Waals surface area contributed by atoms with E-state index in [2.05, 4.69) is 10.1 Å². The van der Waals surface area contributed by atoms with Crippen molar-refractivity contribution in [2.45, 2.75) is 18.9 Å². The van der Waals surface area contributed by atoms with E-state index >= 15 is 0 Å². The number of nitrogens with one attached hydrogen (secondary N) is 1. The minimum atomic E-state index is -0.423. The first-order valence-corrected chi connectivity index (χ1v) is 5.48. The fourth-order valence-corrected chi connectivity index (χ4v) is 1.62. The Morgan fingerprint density at radius 2 is 2.12 bits per heavy atom. The van der Waals surface area contributed by atoms with Crippen molar-refractivity contribution in [1.29, 1.82) is 0 Å². The zero-order valence-corrected chi connectivity index (χ0v) is 9.95. The molecular weight excluding hydrogens is 220 g/mol. The number of nitrogen functional groups attached to an aromatic ring is 1. The van der Waals surface area contributed by atoms with E-state index in [4.69, 9.17) is 10.5 Å². The van der Waals surface area contributed by atoms with E-state index in [0.29, 0.717) is 23.0 Å². The van der Waals surface area contributed by atoms with E-state index in [1.807, 2.05) is 0 Å². The van der Waals surface area contributed by atoms with Gasteiger partial charge in [0.15, 0.2) is 0 Å². The van der Waals surface area contributed by atoms with Crippen LogP contribution in [0.1, 0.15) is 23.2 Å². The third-order valence-electron chi connectivity index (χ3n) is 2.70. The number of methoxy groups -OCH3 is 2. The summed E-state index contributed by atoms with van der Waals surface area (Å²) in [4.78, 5) is 11.4. The largest absolute Gasteiger partial charge is 0.494 e. The second-order valence-corrected chi connectivity index (χ2v) is 4.05. The summed E-state index contributed by atoms with van der Waals surface area (Å²) in [5, 5.41) is 3.29. The molecular formula is C12H16N2O3. The van der Waals surface area contributed by atoms with E-state index in [9.17, 15) is 4.79 Å². The summed E-state index contributed by atoms with van der Waals surface area (Å²) >= 11 is 0. The molecule has 0 radical (unpaired) electrons. The van der Waals surface area contributed by atoms with Crippen molar-refractivity contribution in [2.24, 2.45) is 0 Å². The molecule has 0 saturated heterocycles. The van der Waals surface area contributed by atoms with Gasteiger partial charge >= 0.3 is 5.97 Å². The summed E-state index contributed by atoms with van der Waals surface area (Å²) in [5.41, 5.74) is 7.56. The van der Waals surface area contributed by atoms with Crippen molar-refractivity contribution >= 4 is 17.3 Å². The lowest BCUT2D eigenvalue weighted by atomic mass is 10.1. The van der Waals surface area contributed by atoms with Crippen LogP contribution < -0.4 is 15.8 Å². The number of anilines is 2. The Kier molecular flexibility index (Phi) is 3.08. The number of hydrogen-bond donors (Lipinski definition) is 2. The Morgan fingerprint density at radius 1 is 1.41 bits per heavy atom. The van der Waals surface area contributed by atoms with Crippen LogP contribution in [0.25, 0.3) is 0 Å². The van der Waals surface area contributed by atoms with E-state index in [0.717, 1.165) is 18.5 Å². The summed E-state index contributed by atoms with van der Waals surface area (Å²) in [6.45, 7) is 0. The average molecular weight is 236 g/mol. The topological polar surface area (TPSA) is 73.6 Å². The fraction of sp³-hybridized carbons (Fsp3) is 0.417. The lowest BCUT2D eigenvalue weighted by molar-refractivity contribution is 0.0600. The molecule has 5 nitrogen and oxygen atoms in total. The molecule has 0 unspecified atom stereocenters. The lowest BCUT2D eigenvalue weighted by Gasteiger charge is -2.14. The zero-order chi connectivity index (χ0) is 12.4. The van der Waals surface area contributed by atoms with Gasteiger partial charge in [-0.15, -0.1) is 0 Å². The number of ether oxygens (including phenoxy) is 2. The van der Waals surface area contributed by atoms with Gasteiger partial charge in [0.25, 0.3) is 0 Å². The van der Waals surface area contributed by atoms with Crippen LogP contribution in [0.15, 0.2) is 12.1 Å². The van der Waals surface area contributed by atoms with Gasteiger partial charge in [-0.1, -0.05) is 0 Å². The van der Waals surface area contributed by atoms with Crippen molar-refractivity contribution in [2.75, 3.05) is 25.3 Å². The molecule has 1 aromatic carbocycles. The van der Waals surface area contributed by atoms with Gasteiger partial charge in [-0.25, -0.2) is 4.79 Å². The molecule has 2 rings (SSSR count). The van der Waals surface area contributed by atoms with Gasteiger partial charge in [0.2, 0.25) is 0 Å². The summed E-state index contributed by atoms with van der Waals surface area (Å²) < 4.78 is 9.89. The molecule has 3 N–H and O–H groups in total. The Bertz CT molecular complexity index is 442. The van der Waals surface area contributed by atoms with Crippen LogP contribution in [0.5, 0.6) is 5.75 Å². The SMILES string of the molecule is COC(=O)c1cc(N)c(NC2CC2)c(OC)c1. The first-order chi connectivity index (χ1) is 8.15. The maximum atomic E-state index is 11.4. The van der Waals surface area contributed by atoms with Crippen LogP contribution in [-0.2, 0) is 4.74 Å². The molecule has 17 heavy (non-hydrogen) atoms. The summed E-state index contributed by atoms with van der Waals surface area (Å²) in [5.74, 6) is 0.144. The number of hydrogen-bond acceptors (Lipinski definition) is 5. The summed E-state index contributed by atoms with van der Waals surface area (Å²) in [6, 6.07) is 3.70. The third kappa shape index (κ3) is 2.43. The van der Waals surface area contributed by atoms with Gasteiger partial charge in [0.05, 0.1) is 25.5 Å². The van der Waals surface area contributed by atoms with E-state index in [1.165, 1.54) is 7.11 Å². The van der Waals surface area contributed by atoms with Crippen molar-refractivity contribution in [1.82, 2.24) is 0 Å². The summed E-state index contributed by atoms with van der Waals surface area (Å²) in [7, 11) is 2.88. The second kappa shape index (κ2) is 4.53.